The van der Waals surface area contributed by atoms with Crippen LogP contribution in [0.25, 0.3) is 5.57 Å². The minimum atomic E-state index is -0.910. The highest BCUT2D eigenvalue weighted by Crippen LogP contribution is 2.34. The zero-order valence-electron chi connectivity index (χ0n) is 9.18. The van der Waals surface area contributed by atoms with Gasteiger partial charge in [-0.05, 0) is 5.56 Å². The van der Waals surface area contributed by atoms with Crippen LogP contribution in [-0.4, -0.2) is 29.1 Å². The van der Waals surface area contributed by atoms with Crippen molar-refractivity contribution in [1.29, 1.82) is 0 Å². The van der Waals surface area contributed by atoms with E-state index >= 15 is 0 Å². The van der Waals surface area contributed by atoms with Crippen LogP contribution in [0.3, 0.4) is 0 Å². The number of hydrogen-bond donors (Lipinski definition) is 2. The van der Waals surface area contributed by atoms with Crippen LogP contribution in [0.4, 0.5) is 0 Å². The zero-order valence-corrected chi connectivity index (χ0v) is 10.8. The van der Waals surface area contributed by atoms with E-state index in [1.807, 2.05) is 30.3 Å². The molecule has 0 bridgehead atoms. The number of hydrogen-bond acceptors (Lipinski definition) is 3. The highest BCUT2D eigenvalue weighted by Gasteiger charge is 2.38. The number of carbonyl (C=O) groups is 1. The second-order valence-electron chi connectivity index (χ2n) is 3.67. The van der Waals surface area contributed by atoms with Crippen LogP contribution < -0.4 is 5.32 Å². The van der Waals surface area contributed by atoms with Crippen LogP contribution in [0, 0.1) is 0 Å². The van der Waals surface area contributed by atoms with Crippen LogP contribution in [0.2, 0.25) is 0 Å². The van der Waals surface area contributed by atoms with Crippen molar-refractivity contribution in [3.05, 3.63) is 41.8 Å². The third kappa shape index (κ3) is 2.15. The number of methoxy groups -OCH3 is 1. The van der Waals surface area contributed by atoms with Crippen molar-refractivity contribution >= 4 is 27.5 Å². The van der Waals surface area contributed by atoms with Gasteiger partial charge in [0.1, 0.15) is 6.04 Å². The zero-order chi connectivity index (χ0) is 12.4. The molecule has 1 aromatic carbocycles. The van der Waals surface area contributed by atoms with Gasteiger partial charge in [0.25, 0.3) is 0 Å². The van der Waals surface area contributed by atoms with Crippen molar-refractivity contribution < 1.29 is 14.6 Å². The molecule has 5 heteroatoms. The number of ether oxygens (including phenoxy) is 1. The second-order valence-corrected chi connectivity index (χ2v) is 4.66. The molecule has 2 N–H and O–H groups in total. The van der Waals surface area contributed by atoms with Gasteiger partial charge >= 0.3 is 5.97 Å². The van der Waals surface area contributed by atoms with Gasteiger partial charge in [-0.2, -0.15) is 0 Å². The maximum Gasteiger partial charge on any atom is 0.327 e. The first kappa shape index (κ1) is 12.0. The molecular weight excluding hydrogens is 286 g/mol. The lowest BCUT2D eigenvalue weighted by Gasteiger charge is -2.11. The molecule has 0 aliphatic carbocycles. The number of alkyl halides is 1. The van der Waals surface area contributed by atoms with Crippen LogP contribution >= 0.6 is 15.9 Å². The predicted molar refractivity (Wildman–Crippen MR) is 67.6 cm³/mol. The molecule has 0 fully saturated rings. The van der Waals surface area contributed by atoms with Crippen LogP contribution in [0.5, 0.6) is 0 Å². The summed E-state index contributed by atoms with van der Waals surface area (Å²) in [5.74, 6) is -0.405. The number of carboxylic acids is 1. The predicted octanol–water partition coefficient (Wildman–Crippen LogP) is 1.82. The van der Waals surface area contributed by atoms with E-state index in [1.54, 1.807) is 0 Å². The molecule has 1 aliphatic rings. The fourth-order valence-corrected chi connectivity index (χ4v) is 2.68. The average molecular weight is 298 g/mol. The summed E-state index contributed by atoms with van der Waals surface area (Å²) in [6.45, 7) is 0. The smallest absolute Gasteiger partial charge is 0.327 e. The van der Waals surface area contributed by atoms with Crippen LogP contribution in [-0.2, 0) is 9.53 Å². The minimum Gasteiger partial charge on any atom is -0.482 e. The molecule has 0 radical (unpaired) electrons. The Morgan fingerprint density at radius 3 is 2.59 bits per heavy atom. The molecule has 2 rings (SSSR count). The summed E-state index contributed by atoms with van der Waals surface area (Å²) >= 11 is 3.41. The van der Waals surface area contributed by atoms with Gasteiger partial charge in [-0.3, -0.25) is 0 Å². The maximum atomic E-state index is 11.1. The summed E-state index contributed by atoms with van der Waals surface area (Å²) in [5, 5.41) is 11.9. The molecule has 0 aromatic heterocycles. The van der Waals surface area contributed by atoms with Crippen molar-refractivity contribution in [2.24, 2.45) is 0 Å². The molecule has 0 saturated heterocycles. The Bertz CT molecular complexity index is 458. The first-order valence-corrected chi connectivity index (χ1v) is 6.03. The van der Waals surface area contributed by atoms with E-state index in [0.717, 1.165) is 11.1 Å². The first-order valence-electron chi connectivity index (χ1n) is 5.12. The Labute approximate surface area is 107 Å². The van der Waals surface area contributed by atoms with Gasteiger partial charge in [-0.25, -0.2) is 4.79 Å². The number of aliphatic carboxylic acids is 1. The van der Waals surface area contributed by atoms with E-state index in [1.165, 1.54) is 7.11 Å². The molecule has 0 saturated carbocycles. The van der Waals surface area contributed by atoms with E-state index in [2.05, 4.69) is 21.2 Å². The molecule has 2 atom stereocenters. The van der Waals surface area contributed by atoms with Crippen LogP contribution in [0.15, 0.2) is 36.2 Å². The average Bonchev–Trinajstić information content (AvgIpc) is 2.67. The van der Waals surface area contributed by atoms with Gasteiger partial charge in [0, 0.05) is 5.57 Å². The van der Waals surface area contributed by atoms with E-state index in [4.69, 9.17) is 9.84 Å². The molecule has 90 valence electrons. The van der Waals surface area contributed by atoms with Crippen LogP contribution in [0.1, 0.15) is 5.56 Å². The standard InChI is InChI=1S/C12H12BrNO3/c1-17-11-8(7-5-3-2-4-6-7)9(13)10(14-11)12(15)16/h2-6,9-10,14H,1H3,(H,15,16). The second kappa shape index (κ2) is 4.79. The van der Waals surface area contributed by atoms with Gasteiger partial charge < -0.3 is 15.2 Å². The van der Waals surface area contributed by atoms with Crippen molar-refractivity contribution in [2.45, 2.75) is 10.9 Å². The molecule has 0 amide bonds. The van der Waals surface area contributed by atoms with Gasteiger partial charge in [-0.1, -0.05) is 46.3 Å². The summed E-state index contributed by atoms with van der Waals surface area (Å²) < 4.78 is 5.20. The van der Waals surface area contributed by atoms with Gasteiger partial charge in [0.2, 0.25) is 0 Å². The summed E-state index contributed by atoms with van der Waals surface area (Å²) in [7, 11) is 1.52. The van der Waals surface area contributed by atoms with E-state index < -0.39 is 12.0 Å². The third-order valence-electron chi connectivity index (χ3n) is 2.65. The number of rotatable bonds is 3. The van der Waals surface area contributed by atoms with Gasteiger partial charge in [0.05, 0.1) is 11.9 Å². The topological polar surface area (TPSA) is 58.6 Å². The molecule has 0 spiro atoms. The summed E-state index contributed by atoms with van der Waals surface area (Å²) in [5.41, 5.74) is 1.78. The highest BCUT2D eigenvalue weighted by atomic mass is 79.9. The number of benzene rings is 1. The van der Waals surface area contributed by atoms with Crippen molar-refractivity contribution in [3.63, 3.8) is 0 Å². The summed E-state index contributed by atoms with van der Waals surface area (Å²) in [6.07, 6.45) is 0. The Morgan fingerprint density at radius 1 is 1.41 bits per heavy atom. The lowest BCUT2D eigenvalue weighted by molar-refractivity contribution is -0.138. The van der Waals surface area contributed by atoms with E-state index in [9.17, 15) is 4.79 Å². The normalized spacial score (nSPS) is 23.4. The Kier molecular flexibility index (Phi) is 3.38. The minimum absolute atomic E-state index is 0.308. The molecular formula is C12H12BrNO3. The van der Waals surface area contributed by atoms with Crippen molar-refractivity contribution in [1.82, 2.24) is 5.32 Å². The number of carboxylic acid groups (broad SMARTS) is 1. The lowest BCUT2D eigenvalue weighted by atomic mass is 10.0. The Balaban J connectivity index is 2.40. The quantitative estimate of drug-likeness (QED) is 0.836. The number of nitrogens with one attached hydrogen (secondary N) is 1. The van der Waals surface area contributed by atoms with E-state index in [0.29, 0.717) is 5.88 Å². The van der Waals surface area contributed by atoms with Crippen molar-refractivity contribution in [3.8, 4) is 0 Å². The highest BCUT2D eigenvalue weighted by molar-refractivity contribution is 9.09. The summed E-state index contributed by atoms with van der Waals surface area (Å²) in [6, 6.07) is 8.87. The Morgan fingerprint density at radius 2 is 2.06 bits per heavy atom. The molecule has 2 unspecified atom stereocenters. The van der Waals surface area contributed by atoms with E-state index in [-0.39, 0.29) is 4.83 Å². The maximum absolute atomic E-state index is 11.1. The molecule has 17 heavy (non-hydrogen) atoms. The Hall–Kier alpha value is -1.49. The largest absolute Gasteiger partial charge is 0.482 e. The van der Waals surface area contributed by atoms with Gasteiger partial charge in [0.15, 0.2) is 5.88 Å². The lowest BCUT2D eigenvalue weighted by Crippen LogP contribution is -2.37. The molecule has 1 aliphatic heterocycles. The fraction of sp³-hybridized carbons (Fsp3) is 0.250. The van der Waals surface area contributed by atoms with Gasteiger partial charge in [-0.15, -0.1) is 0 Å². The fourth-order valence-electron chi connectivity index (χ4n) is 1.85. The third-order valence-corrected chi connectivity index (χ3v) is 3.64. The van der Waals surface area contributed by atoms with Crippen molar-refractivity contribution in [2.75, 3.05) is 7.11 Å². The SMILES string of the molecule is COC1=C(c2ccccc2)C(Br)C(C(=O)O)N1. The monoisotopic (exact) mass is 297 g/mol. The molecule has 1 heterocycles. The molecule has 1 aromatic rings. The summed E-state index contributed by atoms with van der Waals surface area (Å²) in [4.78, 5) is 10.8. The number of halogens is 1. The molecule has 4 nitrogen and oxygen atoms in total. The first-order chi connectivity index (χ1) is 8.15.